The van der Waals surface area contributed by atoms with Crippen LogP contribution in [0.5, 0.6) is 0 Å². The third-order valence-corrected chi connectivity index (χ3v) is 3.31. The molecule has 1 aliphatic rings. The van der Waals surface area contributed by atoms with Crippen LogP contribution in [0.15, 0.2) is 24.3 Å². The van der Waals surface area contributed by atoms with E-state index < -0.39 is 23.1 Å². The molecule has 1 aliphatic heterocycles. The predicted molar refractivity (Wildman–Crippen MR) is 62.8 cm³/mol. The van der Waals surface area contributed by atoms with E-state index in [4.69, 9.17) is 0 Å². The number of benzene rings is 1. The van der Waals surface area contributed by atoms with Gasteiger partial charge in [0.05, 0.1) is 5.56 Å². The lowest BCUT2D eigenvalue weighted by molar-refractivity contribution is -0.137. The number of piperidine rings is 1. The SMILES string of the molecule is O=C(c1cccc(C(F)(F)F)c1)C1(O)CCNCC1. The van der Waals surface area contributed by atoms with Crippen molar-refractivity contribution in [3.63, 3.8) is 0 Å². The van der Waals surface area contributed by atoms with Crippen LogP contribution < -0.4 is 5.32 Å². The molecule has 0 aliphatic carbocycles. The van der Waals surface area contributed by atoms with Crippen LogP contribution in [0.1, 0.15) is 28.8 Å². The minimum Gasteiger partial charge on any atom is -0.382 e. The Morgan fingerprint density at radius 3 is 2.47 bits per heavy atom. The van der Waals surface area contributed by atoms with Crippen LogP contribution in [0.4, 0.5) is 13.2 Å². The standard InChI is InChI=1S/C13H14F3NO2/c14-13(15,16)10-3-1-2-9(8-10)11(18)12(19)4-6-17-7-5-12/h1-3,8,17,19H,4-7H2. The first kappa shape index (κ1) is 14.0. The number of halogens is 3. The van der Waals surface area contributed by atoms with Gasteiger partial charge in [0.1, 0.15) is 5.60 Å². The quantitative estimate of drug-likeness (QED) is 0.810. The molecule has 0 amide bonds. The zero-order valence-corrected chi connectivity index (χ0v) is 10.1. The van der Waals surface area contributed by atoms with E-state index in [0.29, 0.717) is 13.1 Å². The molecule has 0 bridgehead atoms. The molecule has 1 saturated heterocycles. The lowest BCUT2D eigenvalue weighted by atomic mass is 9.84. The first-order chi connectivity index (χ1) is 8.83. The molecule has 1 aromatic rings. The van der Waals surface area contributed by atoms with Gasteiger partial charge in [-0.05, 0) is 38.1 Å². The van der Waals surface area contributed by atoms with Crippen LogP contribution in [0, 0.1) is 0 Å². The van der Waals surface area contributed by atoms with E-state index in [-0.39, 0.29) is 18.4 Å². The monoisotopic (exact) mass is 273 g/mol. The van der Waals surface area contributed by atoms with E-state index in [1.165, 1.54) is 12.1 Å². The highest BCUT2D eigenvalue weighted by molar-refractivity contribution is 6.02. The second-order valence-corrected chi connectivity index (χ2v) is 4.69. The number of carbonyl (C=O) groups excluding carboxylic acids is 1. The lowest BCUT2D eigenvalue weighted by Crippen LogP contribution is -2.47. The molecule has 0 unspecified atom stereocenters. The van der Waals surface area contributed by atoms with Crippen LogP contribution in [0.25, 0.3) is 0 Å². The van der Waals surface area contributed by atoms with Gasteiger partial charge in [-0.25, -0.2) is 0 Å². The molecule has 3 nitrogen and oxygen atoms in total. The molecule has 0 spiro atoms. The maximum atomic E-state index is 12.6. The highest BCUT2D eigenvalue weighted by atomic mass is 19.4. The van der Waals surface area contributed by atoms with Gasteiger partial charge in [-0.2, -0.15) is 13.2 Å². The average Bonchev–Trinajstić information content (AvgIpc) is 2.38. The number of Topliss-reactive ketones (excluding diaryl/α,β-unsaturated/α-hetero) is 1. The Hall–Kier alpha value is -1.40. The molecule has 2 rings (SSSR count). The first-order valence-corrected chi connectivity index (χ1v) is 5.98. The van der Waals surface area contributed by atoms with Gasteiger partial charge in [-0.15, -0.1) is 0 Å². The molecular formula is C13H14F3NO2. The zero-order valence-electron chi connectivity index (χ0n) is 10.1. The summed E-state index contributed by atoms with van der Waals surface area (Å²) in [5.41, 5.74) is -2.54. The van der Waals surface area contributed by atoms with Gasteiger partial charge in [-0.3, -0.25) is 4.79 Å². The molecule has 0 atom stereocenters. The van der Waals surface area contributed by atoms with Crippen molar-refractivity contribution >= 4 is 5.78 Å². The van der Waals surface area contributed by atoms with Gasteiger partial charge in [0, 0.05) is 5.56 Å². The van der Waals surface area contributed by atoms with Crippen LogP contribution in [-0.2, 0) is 6.18 Å². The minimum absolute atomic E-state index is 0.0979. The fourth-order valence-electron chi connectivity index (χ4n) is 2.17. The molecule has 1 heterocycles. The zero-order chi connectivity index (χ0) is 14.1. The third-order valence-electron chi connectivity index (χ3n) is 3.31. The van der Waals surface area contributed by atoms with E-state index in [9.17, 15) is 23.1 Å². The largest absolute Gasteiger partial charge is 0.416 e. The fourth-order valence-corrected chi connectivity index (χ4v) is 2.17. The summed E-state index contributed by atoms with van der Waals surface area (Å²) in [5.74, 6) is -0.639. The maximum Gasteiger partial charge on any atom is 0.416 e. The molecule has 19 heavy (non-hydrogen) atoms. The number of hydrogen-bond acceptors (Lipinski definition) is 3. The van der Waals surface area contributed by atoms with Crippen LogP contribution >= 0.6 is 0 Å². The van der Waals surface area contributed by atoms with Gasteiger partial charge in [0.15, 0.2) is 5.78 Å². The van der Waals surface area contributed by atoms with Crippen molar-refractivity contribution < 1.29 is 23.1 Å². The lowest BCUT2D eigenvalue weighted by Gasteiger charge is -2.31. The second kappa shape index (κ2) is 4.94. The highest BCUT2D eigenvalue weighted by Gasteiger charge is 2.38. The fraction of sp³-hybridized carbons (Fsp3) is 0.462. The van der Waals surface area contributed by atoms with Gasteiger partial charge in [0.2, 0.25) is 0 Å². The van der Waals surface area contributed by atoms with Crippen molar-refractivity contribution in [2.24, 2.45) is 0 Å². The molecule has 0 saturated carbocycles. The third kappa shape index (κ3) is 2.96. The summed E-state index contributed by atoms with van der Waals surface area (Å²) in [6.45, 7) is 0.947. The molecule has 0 radical (unpaired) electrons. The van der Waals surface area contributed by atoms with Gasteiger partial charge >= 0.3 is 6.18 Å². The van der Waals surface area contributed by atoms with Crippen LogP contribution in [-0.4, -0.2) is 29.6 Å². The Kier molecular flexibility index (Phi) is 3.64. The summed E-state index contributed by atoms with van der Waals surface area (Å²) in [6, 6.07) is 4.18. The van der Waals surface area contributed by atoms with E-state index in [0.717, 1.165) is 12.1 Å². The predicted octanol–water partition coefficient (Wildman–Crippen LogP) is 2.00. The highest BCUT2D eigenvalue weighted by Crippen LogP contribution is 2.31. The first-order valence-electron chi connectivity index (χ1n) is 5.98. The summed E-state index contributed by atoms with van der Waals surface area (Å²) in [6.07, 6.45) is -4.07. The number of hydrogen-bond donors (Lipinski definition) is 2. The molecule has 104 valence electrons. The number of ketones is 1. The molecule has 1 fully saturated rings. The Morgan fingerprint density at radius 2 is 1.89 bits per heavy atom. The molecular weight excluding hydrogens is 259 g/mol. The molecule has 0 aromatic heterocycles. The van der Waals surface area contributed by atoms with Crippen molar-refractivity contribution in [2.75, 3.05) is 13.1 Å². The van der Waals surface area contributed by atoms with Crippen molar-refractivity contribution in [1.82, 2.24) is 5.32 Å². The van der Waals surface area contributed by atoms with Crippen LogP contribution in [0.3, 0.4) is 0 Å². The van der Waals surface area contributed by atoms with Crippen molar-refractivity contribution in [1.29, 1.82) is 0 Å². The summed E-state index contributed by atoms with van der Waals surface area (Å²) in [7, 11) is 0. The van der Waals surface area contributed by atoms with E-state index in [1.807, 2.05) is 0 Å². The normalized spacial score (nSPS) is 19.2. The average molecular weight is 273 g/mol. The van der Waals surface area contributed by atoms with Gasteiger partial charge in [-0.1, -0.05) is 12.1 Å². The topological polar surface area (TPSA) is 49.3 Å². The Labute approximate surface area is 108 Å². The van der Waals surface area contributed by atoms with Crippen molar-refractivity contribution in [3.05, 3.63) is 35.4 Å². The number of alkyl halides is 3. The maximum absolute atomic E-state index is 12.6. The molecule has 6 heteroatoms. The summed E-state index contributed by atoms with van der Waals surface area (Å²) < 4.78 is 37.8. The number of carbonyl (C=O) groups is 1. The Balaban J connectivity index is 2.29. The van der Waals surface area contributed by atoms with E-state index in [2.05, 4.69) is 5.32 Å². The number of nitrogens with one attached hydrogen (secondary N) is 1. The van der Waals surface area contributed by atoms with E-state index in [1.54, 1.807) is 0 Å². The van der Waals surface area contributed by atoms with Gasteiger partial charge < -0.3 is 10.4 Å². The van der Waals surface area contributed by atoms with Gasteiger partial charge in [0.25, 0.3) is 0 Å². The van der Waals surface area contributed by atoms with Crippen LogP contribution in [0.2, 0.25) is 0 Å². The number of aliphatic hydroxyl groups is 1. The summed E-state index contributed by atoms with van der Waals surface area (Å²) >= 11 is 0. The Bertz CT molecular complexity index is 479. The summed E-state index contributed by atoms with van der Waals surface area (Å²) in [5, 5.41) is 13.2. The van der Waals surface area contributed by atoms with Crippen molar-refractivity contribution in [2.45, 2.75) is 24.6 Å². The molecule has 1 aromatic carbocycles. The van der Waals surface area contributed by atoms with Crippen molar-refractivity contribution in [3.8, 4) is 0 Å². The number of rotatable bonds is 2. The minimum atomic E-state index is -4.49. The Morgan fingerprint density at radius 1 is 1.26 bits per heavy atom. The second-order valence-electron chi connectivity index (χ2n) is 4.69. The molecule has 2 N–H and O–H groups in total. The smallest absolute Gasteiger partial charge is 0.382 e. The summed E-state index contributed by atoms with van der Waals surface area (Å²) in [4.78, 5) is 12.2. The van der Waals surface area contributed by atoms with E-state index >= 15 is 0 Å².